The van der Waals surface area contributed by atoms with Gasteiger partial charge in [0.25, 0.3) is 0 Å². The molecule has 0 aliphatic carbocycles. The van der Waals surface area contributed by atoms with Gasteiger partial charge in [0, 0.05) is 20.6 Å². The Bertz CT molecular complexity index is 494. The zero-order chi connectivity index (χ0) is 12.3. The Labute approximate surface area is 101 Å². The lowest BCUT2D eigenvalue weighted by atomic mass is 10.2. The number of aryl methyl sites for hydroxylation is 1. The summed E-state index contributed by atoms with van der Waals surface area (Å²) >= 11 is 0. The van der Waals surface area contributed by atoms with Gasteiger partial charge in [-0.3, -0.25) is 0 Å². The molecular weight excluding hydrogens is 216 g/mol. The van der Waals surface area contributed by atoms with Crippen molar-refractivity contribution in [2.75, 3.05) is 19.5 Å². The molecule has 1 unspecified atom stereocenters. The number of pyridine rings is 1. The first-order valence-corrected chi connectivity index (χ1v) is 5.79. The quantitative estimate of drug-likeness (QED) is 0.830. The summed E-state index contributed by atoms with van der Waals surface area (Å²) in [5.41, 5.74) is 1.74. The molecule has 2 aromatic rings. The highest BCUT2D eigenvalue weighted by Crippen LogP contribution is 2.13. The fraction of sp³-hybridized carbons (Fsp3) is 0.500. The number of hydrogen-bond acceptors (Lipinski definition) is 4. The molecule has 92 valence electrons. The van der Waals surface area contributed by atoms with Gasteiger partial charge < -0.3 is 15.0 Å². The predicted octanol–water partition coefficient (Wildman–Crippen LogP) is 1.97. The molecule has 2 aromatic heterocycles. The van der Waals surface area contributed by atoms with E-state index in [9.17, 15) is 0 Å². The van der Waals surface area contributed by atoms with Crippen LogP contribution in [0.1, 0.15) is 19.2 Å². The van der Waals surface area contributed by atoms with Crippen molar-refractivity contribution >= 4 is 17.0 Å². The number of anilines is 1. The number of rotatable bonds is 5. The van der Waals surface area contributed by atoms with E-state index in [1.807, 2.05) is 19.2 Å². The smallest absolute Gasteiger partial charge is 0.179 e. The van der Waals surface area contributed by atoms with Crippen LogP contribution in [0.15, 0.2) is 12.1 Å². The lowest BCUT2D eigenvalue weighted by Crippen LogP contribution is -2.06. The number of ether oxygens (including phenoxy) is 1. The maximum Gasteiger partial charge on any atom is 0.179 e. The molecule has 0 saturated carbocycles. The predicted molar refractivity (Wildman–Crippen MR) is 68.2 cm³/mol. The summed E-state index contributed by atoms with van der Waals surface area (Å²) in [6.07, 6.45) is 2.08. The normalized spacial score (nSPS) is 12.9. The molecule has 0 saturated heterocycles. The van der Waals surface area contributed by atoms with Crippen molar-refractivity contribution in [3.8, 4) is 0 Å². The number of hydrogen-bond donors (Lipinski definition) is 2. The maximum absolute atomic E-state index is 5.22. The molecule has 17 heavy (non-hydrogen) atoms. The van der Waals surface area contributed by atoms with E-state index < -0.39 is 0 Å². The van der Waals surface area contributed by atoms with Crippen LogP contribution in [0.5, 0.6) is 0 Å². The second-order valence-corrected chi connectivity index (χ2v) is 4.09. The van der Waals surface area contributed by atoms with Crippen LogP contribution in [-0.4, -0.2) is 35.2 Å². The minimum atomic E-state index is 0.254. The van der Waals surface area contributed by atoms with E-state index in [4.69, 9.17) is 4.74 Å². The summed E-state index contributed by atoms with van der Waals surface area (Å²) in [5, 5.41) is 3.00. The first-order valence-electron chi connectivity index (χ1n) is 5.79. The Morgan fingerprint density at radius 2 is 2.24 bits per heavy atom. The van der Waals surface area contributed by atoms with E-state index in [1.54, 1.807) is 7.11 Å². The molecule has 0 bridgehead atoms. The Morgan fingerprint density at radius 1 is 1.41 bits per heavy atom. The molecule has 0 amide bonds. The van der Waals surface area contributed by atoms with Crippen molar-refractivity contribution < 1.29 is 4.74 Å². The van der Waals surface area contributed by atoms with Gasteiger partial charge in [-0.2, -0.15) is 0 Å². The van der Waals surface area contributed by atoms with Crippen molar-refractivity contribution in [1.29, 1.82) is 0 Å². The molecule has 0 radical (unpaired) electrons. The monoisotopic (exact) mass is 234 g/mol. The number of aromatic amines is 1. The molecule has 5 nitrogen and oxygen atoms in total. The lowest BCUT2D eigenvalue weighted by molar-refractivity contribution is 0.111. The van der Waals surface area contributed by atoms with E-state index in [0.29, 0.717) is 0 Å². The second kappa shape index (κ2) is 5.14. The van der Waals surface area contributed by atoms with Crippen LogP contribution >= 0.6 is 0 Å². The lowest BCUT2D eigenvalue weighted by Gasteiger charge is -2.06. The highest BCUT2D eigenvalue weighted by Gasteiger charge is 2.06. The first kappa shape index (κ1) is 11.9. The molecule has 0 fully saturated rings. The van der Waals surface area contributed by atoms with Gasteiger partial charge >= 0.3 is 0 Å². The topological polar surface area (TPSA) is 62.8 Å². The molecular formula is C12H18N4O. The Balaban J connectivity index is 2.14. The van der Waals surface area contributed by atoms with E-state index >= 15 is 0 Å². The third-order valence-electron chi connectivity index (χ3n) is 2.84. The second-order valence-electron chi connectivity index (χ2n) is 4.09. The van der Waals surface area contributed by atoms with Crippen molar-refractivity contribution in [1.82, 2.24) is 15.0 Å². The summed E-state index contributed by atoms with van der Waals surface area (Å²) < 4.78 is 5.22. The van der Waals surface area contributed by atoms with Gasteiger partial charge in [-0.15, -0.1) is 0 Å². The largest absolute Gasteiger partial charge is 0.382 e. The molecule has 2 heterocycles. The van der Waals surface area contributed by atoms with Gasteiger partial charge in [0.15, 0.2) is 5.65 Å². The number of methoxy groups -OCH3 is 1. The molecule has 0 aliphatic rings. The Kier molecular flexibility index (Phi) is 3.58. The molecule has 5 heteroatoms. The number of H-pyrrole nitrogens is 1. The molecule has 2 N–H and O–H groups in total. The van der Waals surface area contributed by atoms with Gasteiger partial charge in [-0.05, 0) is 25.5 Å². The number of nitrogens with one attached hydrogen (secondary N) is 2. The third-order valence-corrected chi connectivity index (χ3v) is 2.84. The third kappa shape index (κ3) is 2.74. The Morgan fingerprint density at radius 3 is 2.94 bits per heavy atom. The summed E-state index contributed by atoms with van der Waals surface area (Å²) in [7, 11) is 3.58. The standard InChI is InChI=1S/C12H18N4O/c1-8(17-3)4-6-11-14-9-5-7-10(13-2)15-12(9)16-11/h5,7-8H,4,6H2,1-3H3,(H2,13,14,15,16). The number of imidazole rings is 1. The number of fused-ring (bicyclic) bond motifs is 1. The van der Waals surface area contributed by atoms with Crippen LogP contribution in [0.2, 0.25) is 0 Å². The summed E-state index contributed by atoms with van der Waals surface area (Å²) in [6.45, 7) is 2.06. The van der Waals surface area contributed by atoms with Crippen LogP contribution in [0.25, 0.3) is 11.2 Å². The summed E-state index contributed by atoms with van der Waals surface area (Å²) in [4.78, 5) is 12.1. The molecule has 0 aliphatic heterocycles. The van der Waals surface area contributed by atoms with Crippen LogP contribution in [0.4, 0.5) is 5.82 Å². The van der Waals surface area contributed by atoms with E-state index in [2.05, 4.69) is 27.2 Å². The fourth-order valence-electron chi connectivity index (χ4n) is 1.66. The highest BCUT2D eigenvalue weighted by atomic mass is 16.5. The van der Waals surface area contributed by atoms with E-state index in [1.165, 1.54) is 0 Å². The van der Waals surface area contributed by atoms with Crippen molar-refractivity contribution in [2.24, 2.45) is 0 Å². The van der Waals surface area contributed by atoms with Crippen LogP contribution in [-0.2, 0) is 11.2 Å². The van der Waals surface area contributed by atoms with Crippen LogP contribution < -0.4 is 5.32 Å². The SMILES string of the molecule is CNc1ccc2[nH]c(CCC(C)OC)nc2n1. The molecule has 0 aromatic carbocycles. The average molecular weight is 234 g/mol. The van der Waals surface area contributed by atoms with Crippen molar-refractivity contribution in [2.45, 2.75) is 25.9 Å². The van der Waals surface area contributed by atoms with Gasteiger partial charge in [-0.1, -0.05) is 0 Å². The van der Waals surface area contributed by atoms with E-state index in [0.717, 1.165) is 35.6 Å². The summed E-state index contributed by atoms with van der Waals surface area (Å²) in [6, 6.07) is 3.92. The summed E-state index contributed by atoms with van der Waals surface area (Å²) in [5.74, 6) is 1.80. The van der Waals surface area contributed by atoms with Gasteiger partial charge in [0.2, 0.25) is 0 Å². The van der Waals surface area contributed by atoms with Crippen LogP contribution in [0.3, 0.4) is 0 Å². The Hall–Kier alpha value is -1.62. The zero-order valence-corrected chi connectivity index (χ0v) is 10.4. The molecule has 1 atom stereocenters. The van der Waals surface area contributed by atoms with Crippen molar-refractivity contribution in [3.63, 3.8) is 0 Å². The van der Waals surface area contributed by atoms with E-state index in [-0.39, 0.29) is 6.10 Å². The van der Waals surface area contributed by atoms with Crippen LogP contribution in [0, 0.1) is 0 Å². The fourth-order valence-corrected chi connectivity index (χ4v) is 1.66. The maximum atomic E-state index is 5.22. The minimum absolute atomic E-state index is 0.254. The highest BCUT2D eigenvalue weighted by molar-refractivity contribution is 5.72. The van der Waals surface area contributed by atoms with Gasteiger partial charge in [0.1, 0.15) is 11.6 Å². The number of nitrogens with zero attached hydrogens (tertiary/aromatic N) is 2. The molecule has 2 rings (SSSR count). The molecule has 0 spiro atoms. The number of aromatic nitrogens is 3. The van der Waals surface area contributed by atoms with Crippen molar-refractivity contribution in [3.05, 3.63) is 18.0 Å². The average Bonchev–Trinajstić information content (AvgIpc) is 2.77. The van der Waals surface area contributed by atoms with Gasteiger partial charge in [-0.25, -0.2) is 9.97 Å². The van der Waals surface area contributed by atoms with Gasteiger partial charge in [0.05, 0.1) is 11.6 Å². The minimum Gasteiger partial charge on any atom is -0.382 e. The zero-order valence-electron chi connectivity index (χ0n) is 10.4. The first-order chi connectivity index (χ1) is 8.22.